The molecule has 0 bridgehead atoms. The minimum Gasteiger partial charge on any atom is -0.378 e. The predicted octanol–water partition coefficient (Wildman–Crippen LogP) is 4.92. The molecule has 2 atom stereocenters. The molecule has 1 aliphatic heterocycles. The zero-order valence-electron chi connectivity index (χ0n) is 14.4. The van der Waals surface area contributed by atoms with Gasteiger partial charge in [0.15, 0.2) is 0 Å². The van der Waals surface area contributed by atoms with E-state index < -0.39 is 0 Å². The largest absolute Gasteiger partial charge is 0.378 e. The molecular formula is C19H37NO. The van der Waals surface area contributed by atoms with Crippen LogP contribution < -0.4 is 5.32 Å². The van der Waals surface area contributed by atoms with Gasteiger partial charge in [-0.2, -0.15) is 0 Å². The van der Waals surface area contributed by atoms with Gasteiger partial charge in [-0.25, -0.2) is 0 Å². The second kappa shape index (κ2) is 9.84. The smallest absolute Gasteiger partial charge is 0.0576 e. The molecule has 0 radical (unpaired) electrons. The van der Waals surface area contributed by atoms with Gasteiger partial charge in [-0.3, -0.25) is 0 Å². The third-order valence-corrected chi connectivity index (χ3v) is 5.69. The fraction of sp³-hybridized carbons (Fsp3) is 1.00. The summed E-state index contributed by atoms with van der Waals surface area (Å²) < 4.78 is 5.76. The van der Waals surface area contributed by atoms with E-state index in [1.807, 2.05) is 0 Å². The molecule has 0 aromatic carbocycles. The van der Waals surface area contributed by atoms with Crippen molar-refractivity contribution >= 4 is 0 Å². The third kappa shape index (κ3) is 5.90. The Kier molecular flexibility index (Phi) is 8.10. The highest BCUT2D eigenvalue weighted by Gasteiger charge is 2.27. The van der Waals surface area contributed by atoms with Crippen molar-refractivity contribution in [2.24, 2.45) is 11.8 Å². The highest BCUT2D eigenvalue weighted by molar-refractivity contribution is 4.82. The van der Waals surface area contributed by atoms with Crippen LogP contribution >= 0.6 is 0 Å². The predicted molar refractivity (Wildman–Crippen MR) is 90.6 cm³/mol. The van der Waals surface area contributed by atoms with Crippen LogP contribution in [0.3, 0.4) is 0 Å². The molecule has 2 unspecified atom stereocenters. The first-order valence-electron chi connectivity index (χ1n) is 9.68. The minimum atomic E-state index is 0.576. The van der Waals surface area contributed by atoms with E-state index in [0.29, 0.717) is 6.10 Å². The molecule has 2 aliphatic rings. The summed E-state index contributed by atoms with van der Waals surface area (Å²) in [6.45, 7) is 6.72. The Bertz CT molecular complexity index is 254. The molecule has 21 heavy (non-hydrogen) atoms. The Morgan fingerprint density at radius 1 is 1.05 bits per heavy atom. The summed E-state index contributed by atoms with van der Waals surface area (Å²) in [5.41, 5.74) is 0. The van der Waals surface area contributed by atoms with Crippen molar-refractivity contribution in [1.82, 2.24) is 5.32 Å². The lowest BCUT2D eigenvalue weighted by atomic mass is 9.76. The van der Waals surface area contributed by atoms with Crippen LogP contribution in [0.2, 0.25) is 0 Å². The summed E-state index contributed by atoms with van der Waals surface area (Å²) in [4.78, 5) is 0. The van der Waals surface area contributed by atoms with Gasteiger partial charge in [-0.1, -0.05) is 39.5 Å². The topological polar surface area (TPSA) is 21.3 Å². The molecule has 1 heterocycles. The van der Waals surface area contributed by atoms with Gasteiger partial charge in [-0.15, -0.1) is 0 Å². The summed E-state index contributed by atoms with van der Waals surface area (Å²) in [7, 11) is 0. The first-order chi connectivity index (χ1) is 10.3. The molecule has 2 nitrogen and oxygen atoms in total. The van der Waals surface area contributed by atoms with Crippen molar-refractivity contribution in [2.75, 3.05) is 13.2 Å². The fourth-order valence-electron chi connectivity index (χ4n) is 4.49. The quantitative estimate of drug-likeness (QED) is 0.652. The van der Waals surface area contributed by atoms with Crippen molar-refractivity contribution in [3.63, 3.8) is 0 Å². The SMILES string of the molecule is CCCC1CCC(C(CCCC2CCCO2)NCC)CC1. The highest BCUT2D eigenvalue weighted by Crippen LogP contribution is 2.34. The fourth-order valence-corrected chi connectivity index (χ4v) is 4.49. The van der Waals surface area contributed by atoms with Gasteiger partial charge in [0.1, 0.15) is 0 Å². The van der Waals surface area contributed by atoms with Gasteiger partial charge in [0.05, 0.1) is 6.10 Å². The van der Waals surface area contributed by atoms with Crippen LogP contribution in [-0.4, -0.2) is 25.3 Å². The highest BCUT2D eigenvalue weighted by atomic mass is 16.5. The summed E-state index contributed by atoms with van der Waals surface area (Å²) in [5.74, 6) is 1.96. The normalized spacial score (nSPS) is 31.4. The average Bonchev–Trinajstić information content (AvgIpc) is 3.01. The first kappa shape index (κ1) is 17.3. The Morgan fingerprint density at radius 2 is 1.86 bits per heavy atom. The van der Waals surface area contributed by atoms with Crippen molar-refractivity contribution in [3.05, 3.63) is 0 Å². The van der Waals surface area contributed by atoms with Gasteiger partial charge in [0.25, 0.3) is 0 Å². The second-order valence-corrected chi connectivity index (χ2v) is 7.30. The number of ether oxygens (including phenoxy) is 1. The molecule has 0 spiro atoms. The van der Waals surface area contributed by atoms with Crippen LogP contribution in [0.1, 0.15) is 84.5 Å². The van der Waals surface area contributed by atoms with Crippen LogP contribution in [0.25, 0.3) is 0 Å². The number of nitrogens with one attached hydrogen (secondary N) is 1. The zero-order valence-corrected chi connectivity index (χ0v) is 14.4. The van der Waals surface area contributed by atoms with Crippen LogP contribution in [0.15, 0.2) is 0 Å². The maximum atomic E-state index is 5.76. The minimum absolute atomic E-state index is 0.576. The number of hydrogen-bond acceptors (Lipinski definition) is 2. The standard InChI is InChI=1S/C19H37NO/c1-3-7-16-11-13-17(14-12-16)19(20-4-2)10-5-8-18-9-6-15-21-18/h16-20H,3-15H2,1-2H3. The monoisotopic (exact) mass is 295 g/mol. The van der Waals surface area contributed by atoms with Gasteiger partial charge in [0, 0.05) is 12.6 Å². The van der Waals surface area contributed by atoms with Gasteiger partial charge >= 0.3 is 0 Å². The summed E-state index contributed by atoms with van der Waals surface area (Å²) in [5, 5.41) is 3.78. The Labute approximate surface area is 132 Å². The lowest BCUT2D eigenvalue weighted by Crippen LogP contribution is -2.38. The van der Waals surface area contributed by atoms with Crippen LogP contribution in [-0.2, 0) is 4.74 Å². The molecule has 1 saturated carbocycles. The lowest BCUT2D eigenvalue weighted by Gasteiger charge is -2.34. The van der Waals surface area contributed by atoms with Crippen molar-refractivity contribution < 1.29 is 4.74 Å². The van der Waals surface area contributed by atoms with Crippen LogP contribution in [0.4, 0.5) is 0 Å². The lowest BCUT2D eigenvalue weighted by molar-refractivity contribution is 0.0995. The average molecular weight is 296 g/mol. The zero-order chi connectivity index (χ0) is 14.9. The van der Waals surface area contributed by atoms with Crippen molar-refractivity contribution in [1.29, 1.82) is 0 Å². The van der Waals surface area contributed by atoms with E-state index in [-0.39, 0.29) is 0 Å². The summed E-state index contributed by atoms with van der Waals surface area (Å²) in [6, 6.07) is 0.763. The van der Waals surface area contributed by atoms with E-state index >= 15 is 0 Å². The number of hydrogen-bond donors (Lipinski definition) is 1. The molecule has 124 valence electrons. The van der Waals surface area contributed by atoms with E-state index in [2.05, 4.69) is 19.2 Å². The molecule has 1 saturated heterocycles. The van der Waals surface area contributed by atoms with Gasteiger partial charge in [0.2, 0.25) is 0 Å². The van der Waals surface area contributed by atoms with Crippen molar-refractivity contribution in [3.8, 4) is 0 Å². The molecule has 2 rings (SSSR count). The van der Waals surface area contributed by atoms with E-state index in [9.17, 15) is 0 Å². The molecule has 1 N–H and O–H groups in total. The Hall–Kier alpha value is -0.0800. The van der Waals surface area contributed by atoms with Gasteiger partial charge < -0.3 is 10.1 Å². The molecule has 0 aromatic heterocycles. The second-order valence-electron chi connectivity index (χ2n) is 7.30. The molecule has 0 aromatic rings. The molecule has 2 fully saturated rings. The first-order valence-corrected chi connectivity index (χ1v) is 9.68. The summed E-state index contributed by atoms with van der Waals surface area (Å²) >= 11 is 0. The summed E-state index contributed by atoms with van der Waals surface area (Å²) in [6.07, 6.45) is 15.8. The van der Waals surface area contributed by atoms with Crippen LogP contribution in [0.5, 0.6) is 0 Å². The van der Waals surface area contributed by atoms with Crippen LogP contribution in [0, 0.1) is 11.8 Å². The van der Waals surface area contributed by atoms with Gasteiger partial charge in [-0.05, 0) is 63.3 Å². The molecule has 2 heteroatoms. The van der Waals surface area contributed by atoms with E-state index in [1.54, 1.807) is 0 Å². The molecular weight excluding hydrogens is 258 g/mol. The van der Waals surface area contributed by atoms with E-state index in [0.717, 1.165) is 31.0 Å². The Balaban J connectivity index is 1.68. The van der Waals surface area contributed by atoms with Crippen molar-refractivity contribution in [2.45, 2.75) is 96.6 Å². The molecule has 0 amide bonds. The number of rotatable bonds is 9. The third-order valence-electron chi connectivity index (χ3n) is 5.69. The Morgan fingerprint density at radius 3 is 2.48 bits per heavy atom. The maximum absolute atomic E-state index is 5.76. The van der Waals surface area contributed by atoms with E-state index in [4.69, 9.17) is 4.74 Å². The maximum Gasteiger partial charge on any atom is 0.0576 e. The van der Waals surface area contributed by atoms with E-state index in [1.165, 1.54) is 70.6 Å². The molecule has 1 aliphatic carbocycles.